The molecule has 0 radical (unpaired) electrons. The Morgan fingerprint density at radius 1 is 0.510 bits per heavy atom. The van der Waals surface area contributed by atoms with E-state index in [-0.39, 0.29) is 25.7 Å². The Bertz CT molecular complexity index is 1440. The molecule has 0 spiro atoms. The highest BCUT2D eigenvalue weighted by atomic mass is 16.6. The predicted octanol–water partition coefficient (Wildman–Crippen LogP) is 8.54. The highest BCUT2D eigenvalue weighted by Crippen LogP contribution is 2.66. The Hall–Kier alpha value is -2.58. The summed E-state index contributed by atoms with van der Waals surface area (Å²) >= 11 is 0. The van der Waals surface area contributed by atoms with Crippen molar-refractivity contribution in [3.63, 3.8) is 0 Å². The molecule has 0 aliphatic carbocycles. The van der Waals surface area contributed by atoms with Gasteiger partial charge in [0.2, 0.25) is 0 Å². The molecule has 278 valence electrons. The average Bonchev–Trinajstić information content (AvgIpc) is 2.92. The third-order valence-corrected chi connectivity index (χ3v) is 14.7. The van der Waals surface area contributed by atoms with Crippen LogP contribution in [0.5, 0.6) is 0 Å². The number of rotatable bonds is 9. The number of cyclic esters (lactones) is 6. The number of esters is 6. The number of carbonyl (C=O) groups is 6. The van der Waals surface area contributed by atoms with E-state index in [2.05, 4.69) is 0 Å². The van der Waals surface area contributed by atoms with Crippen LogP contribution >= 0.6 is 0 Å². The van der Waals surface area contributed by atoms with Crippen molar-refractivity contribution >= 4 is 35.8 Å². The van der Waals surface area contributed by atoms with E-state index in [0.29, 0.717) is 19.3 Å². The van der Waals surface area contributed by atoms with Crippen LogP contribution < -0.4 is 0 Å². The van der Waals surface area contributed by atoms with Gasteiger partial charge in [-0.15, -0.1) is 0 Å². The molecule has 3 aliphatic heterocycles. The van der Waals surface area contributed by atoms with Crippen LogP contribution in [0.2, 0.25) is 0 Å². The van der Waals surface area contributed by atoms with Gasteiger partial charge in [-0.25, -0.2) is 0 Å². The highest BCUT2D eigenvalue weighted by Gasteiger charge is 2.68. The van der Waals surface area contributed by atoms with Crippen LogP contribution in [0.3, 0.4) is 0 Å². The molecule has 0 aromatic heterocycles. The maximum atomic E-state index is 14.6. The Balaban J connectivity index is 2.07. The van der Waals surface area contributed by atoms with Gasteiger partial charge in [-0.1, -0.05) is 75.7 Å². The first-order chi connectivity index (χ1) is 21.8. The summed E-state index contributed by atoms with van der Waals surface area (Å²) < 4.78 is 16.7. The minimum atomic E-state index is -1.25. The molecule has 3 saturated heterocycles. The van der Waals surface area contributed by atoms with Crippen LogP contribution in [0.4, 0.5) is 0 Å². The van der Waals surface area contributed by atoms with Gasteiger partial charge in [0, 0.05) is 0 Å². The van der Waals surface area contributed by atoms with E-state index in [9.17, 15) is 28.8 Å². The van der Waals surface area contributed by atoms with Crippen molar-refractivity contribution in [2.24, 2.45) is 54.1 Å². The molecule has 9 nitrogen and oxygen atoms in total. The summed E-state index contributed by atoms with van der Waals surface area (Å²) in [6.45, 7) is 30.6. The molecule has 9 heteroatoms. The van der Waals surface area contributed by atoms with Crippen molar-refractivity contribution in [1.29, 1.82) is 0 Å². The SMILES string of the molecule is CCCC1(C)CC(C)(C(C)(C)CC2(C)C(=O)OC(=O)C(C)(C(C)(C)CC3(C)CC(C)(CC)C(=O)OC3=O)C(C)(C)CC2(C)C)C(=O)OC1=O. The fraction of sp³-hybridized carbons (Fsp3) is 0.850. The maximum Gasteiger partial charge on any atom is 0.320 e. The molecule has 0 N–H and O–H groups in total. The molecular weight excluding hydrogens is 624 g/mol. The first-order valence-electron chi connectivity index (χ1n) is 18.1. The largest absolute Gasteiger partial charge is 0.392 e. The lowest BCUT2D eigenvalue weighted by Crippen LogP contribution is -2.62. The molecule has 3 rings (SSSR count). The molecule has 3 fully saturated rings. The zero-order valence-electron chi connectivity index (χ0n) is 33.3. The lowest BCUT2D eigenvalue weighted by molar-refractivity contribution is -0.214. The standard InChI is InChI=1S/C40H64O9/c1-17-19-36(12)24-39(15,29(45)48-26(36)42)32(5,6)22-38(14)28(44)49-30(46)40(16,33(7,8)20-31(38,3)4)34(9,10)21-37(13)23-35(11,18-2)25(41)47-27(37)43/h17-24H2,1-16H3. The van der Waals surface area contributed by atoms with Gasteiger partial charge in [-0.2, -0.15) is 0 Å². The van der Waals surface area contributed by atoms with Crippen molar-refractivity contribution in [3.05, 3.63) is 0 Å². The van der Waals surface area contributed by atoms with Gasteiger partial charge in [-0.3, -0.25) is 28.8 Å². The Labute approximate surface area is 294 Å². The van der Waals surface area contributed by atoms with E-state index in [1.807, 2.05) is 104 Å². The van der Waals surface area contributed by atoms with E-state index in [0.717, 1.165) is 6.42 Å². The van der Waals surface area contributed by atoms with E-state index in [1.54, 1.807) is 6.92 Å². The van der Waals surface area contributed by atoms with Crippen molar-refractivity contribution < 1.29 is 43.0 Å². The van der Waals surface area contributed by atoms with Crippen LogP contribution in [-0.2, 0) is 43.0 Å². The molecule has 0 saturated carbocycles. The maximum absolute atomic E-state index is 14.6. The van der Waals surface area contributed by atoms with Crippen molar-refractivity contribution in [2.45, 2.75) is 162 Å². The molecule has 0 bridgehead atoms. The zero-order chi connectivity index (χ0) is 38.2. The van der Waals surface area contributed by atoms with Crippen LogP contribution in [0.1, 0.15) is 162 Å². The Morgan fingerprint density at radius 3 is 1.49 bits per heavy atom. The van der Waals surface area contributed by atoms with Crippen LogP contribution in [0, 0.1) is 54.1 Å². The Kier molecular flexibility index (Phi) is 10.0. The Morgan fingerprint density at radius 2 is 0.980 bits per heavy atom. The number of carbonyl (C=O) groups excluding carboxylic acids is 6. The molecule has 0 amide bonds. The molecule has 0 aromatic carbocycles. The molecule has 49 heavy (non-hydrogen) atoms. The summed E-state index contributed by atoms with van der Waals surface area (Å²) in [5, 5.41) is 0. The van der Waals surface area contributed by atoms with Gasteiger partial charge in [0.05, 0.1) is 32.5 Å². The summed E-state index contributed by atoms with van der Waals surface area (Å²) in [7, 11) is 0. The fourth-order valence-electron chi connectivity index (χ4n) is 10.3. The van der Waals surface area contributed by atoms with E-state index >= 15 is 0 Å². The van der Waals surface area contributed by atoms with E-state index in [4.69, 9.17) is 14.2 Å². The van der Waals surface area contributed by atoms with Gasteiger partial charge >= 0.3 is 35.8 Å². The van der Waals surface area contributed by atoms with Crippen molar-refractivity contribution in [1.82, 2.24) is 0 Å². The van der Waals surface area contributed by atoms with Gasteiger partial charge in [0.25, 0.3) is 0 Å². The number of ether oxygens (including phenoxy) is 3. The summed E-state index contributed by atoms with van der Waals surface area (Å²) in [4.78, 5) is 81.6. The third-order valence-electron chi connectivity index (χ3n) is 14.7. The summed E-state index contributed by atoms with van der Waals surface area (Å²) in [6, 6.07) is 0. The predicted molar refractivity (Wildman–Crippen MR) is 185 cm³/mol. The van der Waals surface area contributed by atoms with Crippen LogP contribution in [-0.4, -0.2) is 35.8 Å². The number of hydrogen-bond donors (Lipinski definition) is 0. The quantitative estimate of drug-likeness (QED) is 0.133. The third kappa shape index (κ3) is 6.11. The second-order valence-corrected chi connectivity index (χ2v) is 20.0. The summed E-state index contributed by atoms with van der Waals surface area (Å²) in [5.41, 5.74) is -9.56. The van der Waals surface area contributed by atoms with Crippen LogP contribution in [0.25, 0.3) is 0 Å². The average molecular weight is 689 g/mol. The first kappa shape index (κ1) is 40.8. The lowest BCUT2D eigenvalue weighted by atomic mass is 9.44. The highest BCUT2D eigenvalue weighted by molar-refractivity contribution is 5.96. The normalized spacial score (nSPS) is 38.7. The zero-order valence-corrected chi connectivity index (χ0v) is 33.3. The van der Waals surface area contributed by atoms with E-state index < -0.39 is 90.0 Å². The lowest BCUT2D eigenvalue weighted by Gasteiger charge is -2.60. The second-order valence-electron chi connectivity index (χ2n) is 20.0. The molecule has 3 heterocycles. The van der Waals surface area contributed by atoms with Crippen molar-refractivity contribution in [3.8, 4) is 0 Å². The smallest absolute Gasteiger partial charge is 0.320 e. The van der Waals surface area contributed by atoms with Gasteiger partial charge in [0.1, 0.15) is 0 Å². The first-order valence-corrected chi connectivity index (χ1v) is 18.1. The van der Waals surface area contributed by atoms with Crippen LogP contribution in [0.15, 0.2) is 0 Å². The van der Waals surface area contributed by atoms with E-state index in [1.165, 1.54) is 0 Å². The molecule has 6 atom stereocenters. The van der Waals surface area contributed by atoms with Gasteiger partial charge in [0.15, 0.2) is 0 Å². The second kappa shape index (κ2) is 12.0. The molecule has 6 unspecified atom stereocenters. The summed E-state index contributed by atoms with van der Waals surface area (Å²) in [6.07, 6.45) is 3.24. The molecule has 0 aromatic rings. The molecule has 3 aliphatic rings. The minimum Gasteiger partial charge on any atom is -0.392 e. The number of hydrogen-bond acceptors (Lipinski definition) is 9. The monoisotopic (exact) mass is 688 g/mol. The van der Waals surface area contributed by atoms with Crippen molar-refractivity contribution in [2.75, 3.05) is 0 Å². The fourth-order valence-corrected chi connectivity index (χ4v) is 10.3. The summed E-state index contributed by atoms with van der Waals surface area (Å²) in [5.74, 6) is -3.58. The van der Waals surface area contributed by atoms with Gasteiger partial charge < -0.3 is 14.2 Å². The minimum absolute atomic E-state index is 0.199. The van der Waals surface area contributed by atoms with Gasteiger partial charge in [-0.05, 0) is 108 Å². The topological polar surface area (TPSA) is 130 Å². The molecular formula is C40H64O9.